The van der Waals surface area contributed by atoms with E-state index < -0.39 is 0 Å². The van der Waals surface area contributed by atoms with Crippen molar-refractivity contribution in [2.75, 3.05) is 7.11 Å². The Morgan fingerprint density at radius 1 is 1.21 bits per heavy atom. The third-order valence-electron chi connectivity index (χ3n) is 4.86. The van der Waals surface area contributed by atoms with Crippen LogP contribution in [0.5, 0.6) is 5.75 Å². The number of aromatic nitrogens is 3. The average Bonchev–Trinajstić information content (AvgIpc) is 3.48. The fraction of sp³-hybridized carbons (Fsp3) is 0.333. The zero-order chi connectivity index (χ0) is 19.3. The topological polar surface area (TPSA) is 90.1 Å². The molecule has 0 radical (unpaired) electrons. The van der Waals surface area contributed by atoms with Gasteiger partial charge in [-0.3, -0.25) is 9.78 Å². The Morgan fingerprint density at radius 2 is 1.96 bits per heavy atom. The molecule has 1 aliphatic carbocycles. The Kier molecular flexibility index (Phi) is 5.32. The van der Waals surface area contributed by atoms with E-state index in [1.54, 1.807) is 19.5 Å². The minimum atomic E-state index is -0.0172. The van der Waals surface area contributed by atoms with E-state index in [-0.39, 0.29) is 11.9 Å². The zero-order valence-corrected chi connectivity index (χ0v) is 15.7. The molecule has 1 fully saturated rings. The molecule has 1 unspecified atom stereocenters. The van der Waals surface area contributed by atoms with Crippen molar-refractivity contribution in [3.8, 4) is 17.1 Å². The average molecular weight is 378 g/mol. The minimum Gasteiger partial charge on any atom is -0.497 e. The Labute approximate surface area is 163 Å². The molecule has 1 aliphatic rings. The summed E-state index contributed by atoms with van der Waals surface area (Å²) < 4.78 is 10.5. The molecule has 1 atom stereocenters. The van der Waals surface area contributed by atoms with Crippen LogP contribution in [0.15, 0.2) is 53.3 Å². The van der Waals surface area contributed by atoms with Gasteiger partial charge in [0.25, 0.3) is 0 Å². The van der Waals surface area contributed by atoms with Gasteiger partial charge in [-0.15, -0.1) is 0 Å². The van der Waals surface area contributed by atoms with Crippen molar-refractivity contribution in [1.82, 2.24) is 20.4 Å². The van der Waals surface area contributed by atoms with Crippen molar-refractivity contribution >= 4 is 5.91 Å². The van der Waals surface area contributed by atoms with Crippen LogP contribution in [-0.2, 0) is 11.2 Å². The lowest BCUT2D eigenvalue weighted by Crippen LogP contribution is -2.30. The summed E-state index contributed by atoms with van der Waals surface area (Å²) in [5.74, 6) is 2.25. The highest BCUT2D eigenvalue weighted by molar-refractivity contribution is 5.76. The Bertz CT molecular complexity index is 920. The van der Waals surface area contributed by atoms with Crippen molar-refractivity contribution in [3.05, 3.63) is 60.2 Å². The normalized spacial score (nSPS) is 14.5. The summed E-state index contributed by atoms with van der Waals surface area (Å²) in [6, 6.07) is 11.6. The molecular weight excluding hydrogens is 356 g/mol. The maximum Gasteiger partial charge on any atom is 0.227 e. The number of carbonyl (C=O) groups is 1. The molecule has 2 aromatic heterocycles. The van der Waals surface area contributed by atoms with Gasteiger partial charge in [0.2, 0.25) is 17.6 Å². The number of benzene rings is 1. The van der Waals surface area contributed by atoms with Crippen molar-refractivity contribution < 1.29 is 14.1 Å². The molecule has 2 heterocycles. The predicted octanol–water partition coefficient (Wildman–Crippen LogP) is 3.34. The number of nitrogens with one attached hydrogen (secondary N) is 1. The molecule has 1 aromatic carbocycles. The Morgan fingerprint density at radius 3 is 2.64 bits per heavy atom. The SMILES string of the molecule is COc1ccc(C(NC(=O)CCc2nc(-c3ccncc3)no2)C2CC2)cc1. The maximum atomic E-state index is 12.5. The first-order valence-corrected chi connectivity index (χ1v) is 9.39. The van der Waals surface area contributed by atoms with E-state index in [2.05, 4.69) is 20.4 Å². The summed E-state index contributed by atoms with van der Waals surface area (Å²) in [5.41, 5.74) is 1.94. The largest absolute Gasteiger partial charge is 0.497 e. The van der Waals surface area contributed by atoms with Crippen molar-refractivity contribution in [1.29, 1.82) is 0 Å². The number of carbonyl (C=O) groups excluding carboxylic acids is 1. The van der Waals surface area contributed by atoms with Crippen molar-refractivity contribution in [2.24, 2.45) is 5.92 Å². The molecule has 144 valence electrons. The molecule has 0 aliphatic heterocycles. The van der Waals surface area contributed by atoms with Crippen molar-refractivity contribution in [3.63, 3.8) is 0 Å². The molecule has 0 bridgehead atoms. The molecule has 7 heteroatoms. The van der Waals surface area contributed by atoms with Crippen molar-refractivity contribution in [2.45, 2.75) is 31.7 Å². The molecule has 7 nitrogen and oxygen atoms in total. The fourth-order valence-electron chi connectivity index (χ4n) is 3.15. The van der Waals surface area contributed by atoms with E-state index in [0.717, 1.165) is 29.7 Å². The quantitative estimate of drug-likeness (QED) is 0.646. The summed E-state index contributed by atoms with van der Waals surface area (Å²) in [7, 11) is 1.65. The molecule has 1 amide bonds. The number of rotatable bonds is 8. The predicted molar refractivity (Wildman–Crippen MR) is 102 cm³/mol. The van der Waals surface area contributed by atoms with Gasteiger partial charge in [-0.25, -0.2) is 0 Å². The summed E-state index contributed by atoms with van der Waals surface area (Å²) in [4.78, 5) is 20.8. The number of nitrogens with zero attached hydrogens (tertiary/aromatic N) is 3. The number of hydrogen-bond acceptors (Lipinski definition) is 6. The van der Waals surface area contributed by atoms with Crippen LogP contribution in [-0.4, -0.2) is 28.1 Å². The van der Waals surface area contributed by atoms with Crippen LogP contribution in [0.2, 0.25) is 0 Å². The zero-order valence-electron chi connectivity index (χ0n) is 15.7. The van der Waals surface area contributed by atoms with E-state index in [1.165, 1.54) is 0 Å². The van der Waals surface area contributed by atoms with Gasteiger partial charge in [-0.05, 0) is 48.6 Å². The lowest BCUT2D eigenvalue weighted by Gasteiger charge is -2.19. The van der Waals surface area contributed by atoms with Crippen LogP contribution >= 0.6 is 0 Å². The monoisotopic (exact) mass is 378 g/mol. The number of amides is 1. The smallest absolute Gasteiger partial charge is 0.227 e. The van der Waals surface area contributed by atoms with Gasteiger partial charge in [0.05, 0.1) is 13.2 Å². The van der Waals surface area contributed by atoms with Gasteiger partial charge in [-0.1, -0.05) is 17.3 Å². The highest BCUT2D eigenvalue weighted by atomic mass is 16.5. The lowest BCUT2D eigenvalue weighted by molar-refractivity contribution is -0.122. The van der Waals surface area contributed by atoms with Crippen LogP contribution in [0.25, 0.3) is 11.4 Å². The summed E-state index contributed by atoms with van der Waals surface area (Å²) in [5, 5.41) is 7.13. The van der Waals surface area contributed by atoms with E-state index in [1.807, 2.05) is 36.4 Å². The van der Waals surface area contributed by atoms with E-state index >= 15 is 0 Å². The summed E-state index contributed by atoms with van der Waals surface area (Å²) in [6.45, 7) is 0. The maximum absolute atomic E-state index is 12.5. The second-order valence-electron chi connectivity index (χ2n) is 6.90. The number of ether oxygens (including phenoxy) is 1. The molecule has 4 rings (SSSR count). The minimum absolute atomic E-state index is 0.0172. The first kappa shape index (κ1) is 18.2. The number of aryl methyl sites for hydroxylation is 1. The number of methoxy groups -OCH3 is 1. The van der Waals surface area contributed by atoms with Gasteiger partial charge in [0.1, 0.15) is 5.75 Å². The Hall–Kier alpha value is -3.22. The molecule has 1 saturated carbocycles. The molecule has 0 saturated heterocycles. The highest BCUT2D eigenvalue weighted by Crippen LogP contribution is 2.41. The Balaban J connectivity index is 1.35. The third kappa shape index (κ3) is 4.36. The van der Waals surface area contributed by atoms with Gasteiger partial charge in [0, 0.05) is 30.8 Å². The van der Waals surface area contributed by atoms with Gasteiger partial charge < -0.3 is 14.6 Å². The molecular formula is C21H22N4O3. The van der Waals surface area contributed by atoms with E-state index in [9.17, 15) is 4.79 Å². The molecule has 3 aromatic rings. The summed E-state index contributed by atoms with van der Waals surface area (Å²) >= 11 is 0. The van der Waals surface area contributed by atoms with E-state index in [4.69, 9.17) is 9.26 Å². The van der Waals surface area contributed by atoms with Crippen LogP contribution in [0.4, 0.5) is 0 Å². The molecule has 0 spiro atoms. The second-order valence-corrected chi connectivity index (χ2v) is 6.90. The van der Waals surface area contributed by atoms with Gasteiger partial charge >= 0.3 is 0 Å². The lowest BCUT2D eigenvalue weighted by atomic mass is 10.0. The van der Waals surface area contributed by atoms with Gasteiger partial charge in [-0.2, -0.15) is 4.98 Å². The summed E-state index contributed by atoms with van der Waals surface area (Å²) in [6.07, 6.45) is 6.33. The van der Waals surface area contributed by atoms with Gasteiger partial charge in [0.15, 0.2) is 0 Å². The van der Waals surface area contributed by atoms with Crippen LogP contribution in [0.1, 0.15) is 36.8 Å². The highest BCUT2D eigenvalue weighted by Gasteiger charge is 2.33. The third-order valence-corrected chi connectivity index (χ3v) is 4.86. The first-order valence-electron chi connectivity index (χ1n) is 9.39. The van der Waals surface area contributed by atoms with E-state index in [0.29, 0.717) is 30.5 Å². The number of pyridine rings is 1. The second kappa shape index (κ2) is 8.21. The first-order chi connectivity index (χ1) is 13.7. The fourth-order valence-corrected chi connectivity index (χ4v) is 3.15. The van der Waals surface area contributed by atoms with Crippen LogP contribution < -0.4 is 10.1 Å². The standard InChI is InChI=1S/C21H22N4O3/c1-27-17-6-4-15(5-7-17)20(14-2-3-14)23-18(26)8-9-19-24-21(25-28-19)16-10-12-22-13-11-16/h4-7,10-14,20H,2-3,8-9H2,1H3,(H,23,26). The van der Waals surface area contributed by atoms with Crippen LogP contribution in [0, 0.1) is 5.92 Å². The number of hydrogen-bond donors (Lipinski definition) is 1. The molecule has 28 heavy (non-hydrogen) atoms. The van der Waals surface area contributed by atoms with Crippen LogP contribution in [0.3, 0.4) is 0 Å². The molecule has 1 N–H and O–H groups in total.